The number of aryl methyl sites for hydroxylation is 1. The van der Waals surface area contributed by atoms with Crippen molar-refractivity contribution in [3.8, 4) is 5.69 Å². The van der Waals surface area contributed by atoms with E-state index in [4.69, 9.17) is 28.3 Å². The van der Waals surface area contributed by atoms with Crippen LogP contribution in [0.5, 0.6) is 0 Å². The topological polar surface area (TPSA) is 42.2 Å². The lowest BCUT2D eigenvalue weighted by atomic mass is 10.1. The van der Waals surface area contributed by atoms with Crippen LogP contribution in [0.4, 0.5) is 0 Å². The average molecular weight is 320 g/mol. The maximum atomic E-state index is 11.1. The van der Waals surface area contributed by atoms with Gasteiger partial charge in [0.15, 0.2) is 0 Å². The Morgan fingerprint density at radius 2 is 1.86 bits per heavy atom. The number of hydrogen-bond donors (Lipinski definition) is 1. The molecular weight excluding hydrogens is 309 g/mol. The lowest BCUT2D eigenvalue weighted by Crippen LogP contribution is -1.96. The van der Waals surface area contributed by atoms with Gasteiger partial charge in [-0.15, -0.1) is 0 Å². The van der Waals surface area contributed by atoms with Gasteiger partial charge in [0.1, 0.15) is 0 Å². The molecule has 0 unspecified atom stereocenters. The van der Waals surface area contributed by atoms with Gasteiger partial charge in [-0.1, -0.05) is 23.2 Å². The van der Waals surface area contributed by atoms with E-state index in [1.54, 1.807) is 30.3 Å². The number of carbonyl (C=O) groups is 1. The highest BCUT2D eigenvalue weighted by molar-refractivity contribution is 6.42. The fourth-order valence-electron chi connectivity index (χ4n) is 2.38. The molecule has 1 aromatic heterocycles. The molecule has 0 saturated heterocycles. The zero-order valence-electron chi connectivity index (χ0n) is 11.1. The van der Waals surface area contributed by atoms with Gasteiger partial charge in [-0.2, -0.15) is 0 Å². The minimum absolute atomic E-state index is 0.275. The summed E-state index contributed by atoms with van der Waals surface area (Å²) in [6.45, 7) is 1.95. The van der Waals surface area contributed by atoms with Crippen molar-refractivity contribution in [1.82, 2.24) is 4.57 Å². The summed E-state index contributed by atoms with van der Waals surface area (Å²) in [6, 6.07) is 10.5. The van der Waals surface area contributed by atoms with Gasteiger partial charge < -0.3 is 9.67 Å². The smallest absolute Gasteiger partial charge is 0.335 e. The van der Waals surface area contributed by atoms with Gasteiger partial charge in [0.2, 0.25) is 0 Å². The Bertz CT molecular complexity index is 868. The summed E-state index contributed by atoms with van der Waals surface area (Å²) in [5, 5.41) is 11.0. The molecule has 3 nitrogen and oxygen atoms in total. The van der Waals surface area contributed by atoms with Crippen molar-refractivity contribution in [3.63, 3.8) is 0 Å². The van der Waals surface area contributed by atoms with E-state index in [2.05, 4.69) is 0 Å². The lowest BCUT2D eigenvalue weighted by Gasteiger charge is -2.07. The van der Waals surface area contributed by atoms with E-state index < -0.39 is 5.97 Å². The first-order valence-corrected chi connectivity index (χ1v) is 7.03. The molecule has 21 heavy (non-hydrogen) atoms. The number of aromatic nitrogens is 1. The lowest BCUT2D eigenvalue weighted by molar-refractivity contribution is 0.0697. The Hall–Kier alpha value is -1.97. The quantitative estimate of drug-likeness (QED) is 0.726. The van der Waals surface area contributed by atoms with Crippen molar-refractivity contribution in [3.05, 3.63) is 63.8 Å². The maximum absolute atomic E-state index is 11.1. The van der Waals surface area contributed by atoms with Gasteiger partial charge in [-0.3, -0.25) is 0 Å². The normalized spacial score (nSPS) is 11.0. The Morgan fingerprint density at radius 3 is 2.52 bits per heavy atom. The highest BCUT2D eigenvalue weighted by atomic mass is 35.5. The van der Waals surface area contributed by atoms with Gasteiger partial charge in [0.05, 0.1) is 21.1 Å². The van der Waals surface area contributed by atoms with Crippen molar-refractivity contribution in [2.75, 3.05) is 0 Å². The van der Waals surface area contributed by atoms with E-state index >= 15 is 0 Å². The predicted octanol–water partition coefficient (Wildman–Crippen LogP) is 4.94. The summed E-state index contributed by atoms with van der Waals surface area (Å²) in [6.07, 6.45) is 1.95. The van der Waals surface area contributed by atoms with E-state index in [0.717, 1.165) is 22.2 Å². The second-order valence-corrected chi connectivity index (χ2v) is 5.63. The van der Waals surface area contributed by atoms with E-state index in [-0.39, 0.29) is 5.56 Å². The van der Waals surface area contributed by atoms with E-state index in [9.17, 15) is 4.79 Å². The van der Waals surface area contributed by atoms with Gasteiger partial charge in [0, 0.05) is 17.3 Å². The van der Waals surface area contributed by atoms with Crippen LogP contribution in [0.15, 0.2) is 42.6 Å². The van der Waals surface area contributed by atoms with Crippen molar-refractivity contribution in [2.45, 2.75) is 6.92 Å². The van der Waals surface area contributed by atoms with Crippen LogP contribution in [0, 0.1) is 6.92 Å². The molecule has 2 aromatic carbocycles. The fourth-order valence-corrected chi connectivity index (χ4v) is 2.67. The van der Waals surface area contributed by atoms with E-state index in [1.165, 1.54) is 0 Å². The zero-order chi connectivity index (χ0) is 15.1. The van der Waals surface area contributed by atoms with Crippen molar-refractivity contribution >= 4 is 40.1 Å². The molecule has 5 heteroatoms. The molecule has 0 aliphatic heterocycles. The molecule has 3 rings (SSSR count). The maximum Gasteiger partial charge on any atom is 0.335 e. The van der Waals surface area contributed by atoms with E-state index in [1.807, 2.05) is 23.8 Å². The van der Waals surface area contributed by atoms with Crippen LogP contribution >= 0.6 is 23.2 Å². The standard InChI is InChI=1S/C16H11Cl2NO2/c1-9-8-19(11-3-4-13(17)14(18)7-11)15-5-2-10(16(20)21)6-12(9)15/h2-8H,1H3,(H,20,21). The molecular formula is C16H11Cl2NO2. The largest absolute Gasteiger partial charge is 0.478 e. The number of nitrogens with zero attached hydrogens (tertiary/aromatic N) is 1. The highest BCUT2D eigenvalue weighted by Gasteiger charge is 2.11. The SMILES string of the molecule is Cc1cn(-c2ccc(Cl)c(Cl)c2)c2ccc(C(=O)O)cc12. The van der Waals surface area contributed by atoms with Gasteiger partial charge >= 0.3 is 5.97 Å². The monoisotopic (exact) mass is 319 g/mol. The first-order valence-electron chi connectivity index (χ1n) is 6.28. The number of benzene rings is 2. The number of carboxylic acids is 1. The summed E-state index contributed by atoms with van der Waals surface area (Å²) in [5.74, 6) is -0.932. The van der Waals surface area contributed by atoms with Crippen LogP contribution in [0.1, 0.15) is 15.9 Å². The third kappa shape index (κ3) is 2.39. The summed E-state index contributed by atoms with van der Waals surface area (Å²) in [7, 11) is 0. The third-order valence-electron chi connectivity index (χ3n) is 3.43. The number of fused-ring (bicyclic) bond motifs is 1. The zero-order valence-corrected chi connectivity index (χ0v) is 12.6. The molecule has 0 amide bonds. The second kappa shape index (κ2) is 5.10. The molecule has 3 aromatic rings. The van der Waals surface area contributed by atoms with Crippen molar-refractivity contribution in [2.24, 2.45) is 0 Å². The molecule has 0 aliphatic carbocycles. The van der Waals surface area contributed by atoms with Gasteiger partial charge in [-0.25, -0.2) is 4.79 Å². The Kier molecular flexibility index (Phi) is 3.40. The number of hydrogen-bond acceptors (Lipinski definition) is 1. The summed E-state index contributed by atoms with van der Waals surface area (Å²) < 4.78 is 1.97. The molecule has 106 valence electrons. The van der Waals surface area contributed by atoms with Crippen LogP contribution in [0.25, 0.3) is 16.6 Å². The van der Waals surface area contributed by atoms with Gasteiger partial charge in [0.25, 0.3) is 0 Å². The van der Waals surface area contributed by atoms with E-state index in [0.29, 0.717) is 10.0 Å². The molecule has 0 spiro atoms. The number of carboxylic acid groups (broad SMARTS) is 1. The van der Waals surface area contributed by atoms with Crippen LogP contribution < -0.4 is 0 Å². The molecule has 0 saturated carbocycles. The Labute approximate surface area is 131 Å². The van der Waals surface area contributed by atoms with Crippen LogP contribution in [0.3, 0.4) is 0 Å². The molecule has 0 atom stereocenters. The molecule has 1 heterocycles. The molecule has 0 radical (unpaired) electrons. The number of rotatable bonds is 2. The summed E-state index contributed by atoms with van der Waals surface area (Å²) >= 11 is 12.0. The first-order chi connectivity index (χ1) is 9.97. The minimum atomic E-state index is -0.932. The molecule has 0 bridgehead atoms. The first kappa shape index (κ1) is 14.0. The molecule has 0 fully saturated rings. The third-order valence-corrected chi connectivity index (χ3v) is 4.17. The summed E-state index contributed by atoms with van der Waals surface area (Å²) in [4.78, 5) is 11.1. The minimum Gasteiger partial charge on any atom is -0.478 e. The second-order valence-electron chi connectivity index (χ2n) is 4.82. The van der Waals surface area contributed by atoms with Crippen LogP contribution in [0.2, 0.25) is 10.0 Å². The van der Waals surface area contributed by atoms with Crippen molar-refractivity contribution in [1.29, 1.82) is 0 Å². The Balaban J connectivity index is 2.24. The Morgan fingerprint density at radius 1 is 1.10 bits per heavy atom. The van der Waals surface area contributed by atoms with Gasteiger partial charge in [-0.05, 0) is 48.9 Å². The highest BCUT2D eigenvalue weighted by Crippen LogP contribution is 2.29. The average Bonchev–Trinajstić information content (AvgIpc) is 2.79. The molecule has 1 N–H and O–H groups in total. The summed E-state index contributed by atoms with van der Waals surface area (Å²) in [5.41, 5.74) is 3.08. The van der Waals surface area contributed by atoms with Crippen LogP contribution in [-0.4, -0.2) is 15.6 Å². The number of aromatic carboxylic acids is 1. The van der Waals surface area contributed by atoms with Crippen molar-refractivity contribution < 1.29 is 9.90 Å². The predicted molar refractivity (Wildman–Crippen MR) is 85.0 cm³/mol. The fraction of sp³-hybridized carbons (Fsp3) is 0.0625. The number of halogens is 2. The van der Waals surface area contributed by atoms with Crippen LogP contribution in [-0.2, 0) is 0 Å². The molecule has 0 aliphatic rings.